The molecule has 1 fully saturated rings. The quantitative estimate of drug-likeness (QED) is 0.358. The highest BCUT2D eigenvalue weighted by Crippen LogP contribution is 2.35. The Bertz CT molecular complexity index is 954. The average molecular weight is 538 g/mol. The minimum absolute atomic E-state index is 0.0313. The van der Waals surface area contributed by atoms with E-state index in [1.165, 1.54) is 12.1 Å². The summed E-state index contributed by atoms with van der Waals surface area (Å²) in [5.74, 6) is -3.34. The van der Waals surface area contributed by atoms with Gasteiger partial charge in [-0.1, -0.05) is 0 Å². The number of aliphatic hydroxyl groups excluding tert-OH is 4. The smallest absolute Gasteiger partial charge is 0.339 e. The molecule has 162 valence electrons. The van der Waals surface area contributed by atoms with Crippen LogP contribution >= 0.6 is 22.6 Å². The number of aliphatic hydroxyl groups is 4. The molecule has 1 aliphatic rings. The van der Waals surface area contributed by atoms with Crippen LogP contribution in [-0.2, 0) is 4.74 Å². The SMILES string of the molecule is O=C(O)c1cc(-c2ccc(F)cc2F)cc(I)c1O[C@@H]1OC(CO)[C@H](O)C(O)[C@H]1O. The van der Waals surface area contributed by atoms with E-state index in [1.807, 2.05) is 0 Å². The Balaban J connectivity index is 2.00. The van der Waals surface area contributed by atoms with Crippen molar-refractivity contribution in [2.45, 2.75) is 30.7 Å². The van der Waals surface area contributed by atoms with Crippen LogP contribution in [0.4, 0.5) is 8.78 Å². The van der Waals surface area contributed by atoms with Crippen LogP contribution in [0.1, 0.15) is 10.4 Å². The van der Waals surface area contributed by atoms with Crippen LogP contribution in [0.3, 0.4) is 0 Å². The molecule has 1 saturated heterocycles. The molecule has 0 spiro atoms. The molecule has 8 nitrogen and oxygen atoms in total. The summed E-state index contributed by atoms with van der Waals surface area (Å²) in [6, 6.07) is 5.37. The molecule has 1 heterocycles. The van der Waals surface area contributed by atoms with Crippen molar-refractivity contribution in [3.05, 3.63) is 51.1 Å². The molecule has 0 aliphatic carbocycles. The Hall–Kier alpha value is -1.90. The summed E-state index contributed by atoms with van der Waals surface area (Å²) in [5.41, 5.74) is -0.288. The Kier molecular flexibility index (Phi) is 6.89. The highest BCUT2D eigenvalue weighted by atomic mass is 127. The van der Waals surface area contributed by atoms with Gasteiger partial charge >= 0.3 is 5.97 Å². The van der Waals surface area contributed by atoms with Crippen LogP contribution < -0.4 is 4.74 Å². The third kappa shape index (κ3) is 4.40. The van der Waals surface area contributed by atoms with Gasteiger partial charge in [0.25, 0.3) is 0 Å². The highest BCUT2D eigenvalue weighted by Gasteiger charge is 2.45. The van der Waals surface area contributed by atoms with Gasteiger partial charge in [0.1, 0.15) is 41.6 Å². The summed E-state index contributed by atoms with van der Waals surface area (Å²) in [4.78, 5) is 11.8. The molecule has 5 atom stereocenters. The van der Waals surface area contributed by atoms with Crippen LogP contribution in [0.5, 0.6) is 5.75 Å². The first-order chi connectivity index (χ1) is 14.1. The van der Waals surface area contributed by atoms with Crippen molar-refractivity contribution in [2.24, 2.45) is 0 Å². The average Bonchev–Trinajstić information content (AvgIpc) is 2.69. The third-order valence-corrected chi connectivity index (χ3v) is 5.40. The van der Waals surface area contributed by atoms with E-state index in [0.29, 0.717) is 6.07 Å². The fourth-order valence-electron chi connectivity index (χ4n) is 3.03. The molecule has 0 bridgehead atoms. The minimum atomic E-state index is -1.74. The van der Waals surface area contributed by atoms with E-state index in [1.54, 1.807) is 22.6 Å². The van der Waals surface area contributed by atoms with E-state index in [9.17, 15) is 39.1 Å². The maximum Gasteiger partial charge on any atom is 0.339 e. The molecule has 0 aromatic heterocycles. The van der Waals surface area contributed by atoms with Gasteiger partial charge in [0, 0.05) is 11.6 Å². The second-order valence-electron chi connectivity index (χ2n) is 6.58. The molecule has 5 N–H and O–H groups in total. The van der Waals surface area contributed by atoms with Crippen LogP contribution in [0.25, 0.3) is 11.1 Å². The lowest BCUT2D eigenvalue weighted by atomic mass is 9.99. The summed E-state index contributed by atoms with van der Waals surface area (Å²) in [7, 11) is 0. The molecule has 2 aromatic rings. The molecular weight excluding hydrogens is 521 g/mol. The second-order valence-corrected chi connectivity index (χ2v) is 7.74. The number of carboxylic acid groups (broad SMARTS) is 1. The summed E-state index contributed by atoms with van der Waals surface area (Å²) in [6.45, 7) is -0.684. The molecular formula is C19H17F2IO8. The van der Waals surface area contributed by atoms with Gasteiger partial charge in [-0.2, -0.15) is 0 Å². The maximum absolute atomic E-state index is 14.1. The Labute approximate surface area is 182 Å². The normalized spacial score (nSPS) is 26.4. The monoisotopic (exact) mass is 538 g/mol. The van der Waals surface area contributed by atoms with E-state index < -0.39 is 60.5 Å². The third-order valence-electron chi connectivity index (χ3n) is 4.60. The van der Waals surface area contributed by atoms with E-state index in [0.717, 1.165) is 12.1 Å². The zero-order valence-electron chi connectivity index (χ0n) is 15.1. The van der Waals surface area contributed by atoms with Crippen LogP contribution in [0, 0.1) is 15.2 Å². The Morgan fingerprint density at radius 1 is 1.10 bits per heavy atom. The minimum Gasteiger partial charge on any atom is -0.478 e. The number of aromatic carboxylic acids is 1. The van der Waals surface area contributed by atoms with E-state index >= 15 is 0 Å². The summed E-state index contributed by atoms with van der Waals surface area (Å²) in [6.07, 6.45) is -7.90. The van der Waals surface area contributed by atoms with Crippen molar-refractivity contribution < 1.29 is 48.6 Å². The lowest BCUT2D eigenvalue weighted by molar-refractivity contribution is -0.277. The van der Waals surface area contributed by atoms with Crippen molar-refractivity contribution in [3.8, 4) is 16.9 Å². The Morgan fingerprint density at radius 2 is 1.80 bits per heavy atom. The van der Waals surface area contributed by atoms with Crippen molar-refractivity contribution in [1.82, 2.24) is 0 Å². The molecule has 11 heteroatoms. The number of ether oxygens (including phenoxy) is 2. The number of rotatable bonds is 5. The van der Waals surface area contributed by atoms with Crippen molar-refractivity contribution >= 4 is 28.6 Å². The summed E-state index contributed by atoms with van der Waals surface area (Å²) < 4.78 is 38.2. The molecule has 2 aromatic carbocycles. The topological polar surface area (TPSA) is 137 Å². The number of carboxylic acids is 1. The van der Waals surface area contributed by atoms with E-state index in [4.69, 9.17) is 9.47 Å². The fourth-order valence-corrected chi connectivity index (χ4v) is 3.79. The predicted molar refractivity (Wildman–Crippen MR) is 106 cm³/mol. The van der Waals surface area contributed by atoms with Crippen LogP contribution in [-0.4, -0.2) is 68.8 Å². The van der Waals surface area contributed by atoms with Gasteiger partial charge in [0.2, 0.25) is 6.29 Å². The molecule has 3 rings (SSSR count). The van der Waals surface area contributed by atoms with Gasteiger partial charge < -0.3 is 35.0 Å². The molecule has 0 amide bonds. The fraction of sp³-hybridized carbons (Fsp3) is 0.316. The number of halogens is 3. The van der Waals surface area contributed by atoms with Crippen LogP contribution in [0.2, 0.25) is 0 Å². The first kappa shape index (κ1) is 22.8. The Morgan fingerprint density at radius 3 is 2.40 bits per heavy atom. The van der Waals surface area contributed by atoms with E-state index in [-0.39, 0.29) is 20.4 Å². The van der Waals surface area contributed by atoms with Crippen LogP contribution in [0.15, 0.2) is 30.3 Å². The number of benzene rings is 2. The van der Waals surface area contributed by atoms with Gasteiger partial charge in [-0.05, 0) is 52.4 Å². The summed E-state index contributed by atoms with van der Waals surface area (Å²) in [5, 5.41) is 48.7. The van der Waals surface area contributed by atoms with Crippen molar-refractivity contribution in [1.29, 1.82) is 0 Å². The van der Waals surface area contributed by atoms with Gasteiger partial charge in [-0.15, -0.1) is 0 Å². The summed E-state index contributed by atoms with van der Waals surface area (Å²) >= 11 is 1.73. The van der Waals surface area contributed by atoms with Gasteiger partial charge in [-0.25, -0.2) is 13.6 Å². The lowest BCUT2D eigenvalue weighted by Gasteiger charge is -2.39. The van der Waals surface area contributed by atoms with Gasteiger partial charge in [0.05, 0.1) is 10.2 Å². The molecule has 30 heavy (non-hydrogen) atoms. The maximum atomic E-state index is 14.1. The van der Waals surface area contributed by atoms with Crippen molar-refractivity contribution in [3.63, 3.8) is 0 Å². The molecule has 0 saturated carbocycles. The van der Waals surface area contributed by atoms with Gasteiger partial charge in [-0.3, -0.25) is 0 Å². The predicted octanol–water partition coefficient (Wildman–Crippen LogP) is 1.11. The number of hydrogen-bond acceptors (Lipinski definition) is 7. The molecule has 2 unspecified atom stereocenters. The van der Waals surface area contributed by atoms with E-state index in [2.05, 4.69) is 0 Å². The largest absolute Gasteiger partial charge is 0.478 e. The first-order valence-corrected chi connectivity index (χ1v) is 9.71. The molecule has 0 radical (unpaired) electrons. The second kappa shape index (κ2) is 9.08. The zero-order chi connectivity index (χ0) is 22.2. The zero-order valence-corrected chi connectivity index (χ0v) is 17.2. The number of hydrogen-bond donors (Lipinski definition) is 5. The van der Waals surface area contributed by atoms with Gasteiger partial charge in [0.15, 0.2) is 5.75 Å². The van der Waals surface area contributed by atoms with Crippen molar-refractivity contribution in [2.75, 3.05) is 6.61 Å². The standard InChI is InChI=1S/C19H17F2IO8/c20-8-1-2-9(11(21)5-8)7-3-10(18(27)28)17(12(22)4-7)30-19-16(26)15(25)14(24)13(6-23)29-19/h1-5,13-16,19,23-26H,6H2,(H,27,28)/t13?,14-,15?,16+,19-/m0/s1. The first-order valence-electron chi connectivity index (χ1n) is 8.63. The number of carbonyl (C=O) groups is 1. The highest BCUT2D eigenvalue weighted by molar-refractivity contribution is 14.1. The molecule has 1 aliphatic heterocycles. The lowest BCUT2D eigenvalue weighted by Crippen LogP contribution is -2.60.